The van der Waals surface area contributed by atoms with E-state index in [2.05, 4.69) is 15.0 Å². The molecule has 0 aromatic carbocycles. The summed E-state index contributed by atoms with van der Waals surface area (Å²) >= 11 is 0. The lowest BCUT2D eigenvalue weighted by molar-refractivity contribution is 0.0151. The first-order chi connectivity index (χ1) is 9.32. The molecule has 0 aromatic heterocycles. The van der Waals surface area contributed by atoms with Crippen molar-refractivity contribution >= 4 is 5.84 Å². The van der Waals surface area contributed by atoms with Crippen molar-refractivity contribution in [3.05, 3.63) is 0 Å². The molecule has 6 nitrogen and oxygen atoms in total. The Morgan fingerprint density at radius 1 is 1.20 bits per heavy atom. The fraction of sp³-hybridized carbons (Fsp3) is 0.929. The normalized spacial score (nSPS) is 24.9. The largest absolute Gasteiger partial charge is 0.409 e. The smallest absolute Gasteiger partial charge is 0.139 e. The Hall–Kier alpha value is -0.850. The van der Waals surface area contributed by atoms with Crippen LogP contribution >= 0.6 is 0 Å². The fourth-order valence-electron chi connectivity index (χ4n) is 3.11. The highest BCUT2D eigenvalue weighted by Crippen LogP contribution is 2.49. The van der Waals surface area contributed by atoms with Gasteiger partial charge in [-0.05, 0) is 32.1 Å². The molecule has 1 aliphatic heterocycles. The predicted octanol–water partition coefficient (Wildman–Crippen LogP) is 0.292. The van der Waals surface area contributed by atoms with E-state index < -0.39 is 5.60 Å². The van der Waals surface area contributed by atoms with Crippen LogP contribution < -0.4 is 5.73 Å². The number of rotatable bonds is 6. The quantitative estimate of drug-likeness (QED) is 0.282. The molecule has 4 N–H and O–H groups in total. The molecule has 1 aliphatic carbocycles. The molecular formula is C14H28N4O2. The number of hydrogen-bond acceptors (Lipinski definition) is 5. The van der Waals surface area contributed by atoms with Crippen molar-refractivity contribution in [1.29, 1.82) is 0 Å². The first kappa shape index (κ1) is 15.5. The first-order valence-corrected chi connectivity index (χ1v) is 7.45. The van der Waals surface area contributed by atoms with Gasteiger partial charge in [-0.2, -0.15) is 0 Å². The maximum Gasteiger partial charge on any atom is 0.139 e. The Bertz CT molecular complexity index is 353. The minimum Gasteiger partial charge on any atom is -0.409 e. The molecule has 0 amide bonds. The topological polar surface area (TPSA) is 85.3 Å². The summed E-state index contributed by atoms with van der Waals surface area (Å²) < 4.78 is 0. The van der Waals surface area contributed by atoms with E-state index in [9.17, 15) is 5.11 Å². The number of hydrogen-bond donors (Lipinski definition) is 3. The molecule has 20 heavy (non-hydrogen) atoms. The number of amidine groups is 1. The van der Waals surface area contributed by atoms with Crippen LogP contribution in [0, 0.1) is 5.41 Å². The van der Waals surface area contributed by atoms with Crippen molar-refractivity contribution in [3.8, 4) is 0 Å². The first-order valence-electron chi connectivity index (χ1n) is 7.45. The summed E-state index contributed by atoms with van der Waals surface area (Å²) in [6.45, 7) is 9.57. The van der Waals surface area contributed by atoms with E-state index >= 15 is 0 Å². The van der Waals surface area contributed by atoms with Crippen LogP contribution in [0.25, 0.3) is 0 Å². The van der Waals surface area contributed by atoms with Crippen LogP contribution in [-0.4, -0.2) is 70.8 Å². The van der Waals surface area contributed by atoms with Gasteiger partial charge in [0.15, 0.2) is 0 Å². The Labute approximate surface area is 121 Å². The van der Waals surface area contributed by atoms with Gasteiger partial charge in [-0.1, -0.05) is 5.16 Å². The van der Waals surface area contributed by atoms with Crippen molar-refractivity contribution in [3.63, 3.8) is 0 Å². The molecule has 116 valence electrons. The van der Waals surface area contributed by atoms with Gasteiger partial charge < -0.3 is 20.9 Å². The van der Waals surface area contributed by atoms with Crippen LogP contribution in [0.3, 0.4) is 0 Å². The highest BCUT2D eigenvalue weighted by Gasteiger charge is 2.44. The third-order valence-electron chi connectivity index (χ3n) is 4.28. The third kappa shape index (κ3) is 4.61. The van der Waals surface area contributed by atoms with E-state index in [0.29, 0.717) is 12.3 Å². The van der Waals surface area contributed by atoms with Gasteiger partial charge in [-0.15, -0.1) is 0 Å². The Balaban J connectivity index is 1.75. The van der Waals surface area contributed by atoms with Gasteiger partial charge in [0.1, 0.15) is 5.84 Å². The summed E-state index contributed by atoms with van der Waals surface area (Å²) in [4.78, 5) is 4.79. The molecule has 0 aromatic rings. The van der Waals surface area contributed by atoms with Crippen LogP contribution in [0.15, 0.2) is 5.16 Å². The van der Waals surface area contributed by atoms with Crippen molar-refractivity contribution in [1.82, 2.24) is 9.80 Å². The Morgan fingerprint density at radius 2 is 1.75 bits per heavy atom. The molecule has 0 spiro atoms. The van der Waals surface area contributed by atoms with Crippen molar-refractivity contribution in [2.45, 2.75) is 38.7 Å². The lowest BCUT2D eigenvalue weighted by Crippen LogP contribution is -2.51. The van der Waals surface area contributed by atoms with Gasteiger partial charge in [0.05, 0.1) is 5.60 Å². The van der Waals surface area contributed by atoms with E-state index in [1.165, 1.54) is 12.8 Å². The number of nitrogens with two attached hydrogens (primary N) is 1. The summed E-state index contributed by atoms with van der Waals surface area (Å²) in [5.74, 6) is 0.350. The van der Waals surface area contributed by atoms with Crippen LogP contribution in [0.4, 0.5) is 0 Å². The monoisotopic (exact) mass is 284 g/mol. The van der Waals surface area contributed by atoms with E-state index in [-0.39, 0.29) is 5.41 Å². The molecule has 1 heterocycles. The van der Waals surface area contributed by atoms with Gasteiger partial charge >= 0.3 is 0 Å². The fourth-order valence-corrected chi connectivity index (χ4v) is 3.11. The molecule has 0 atom stereocenters. The van der Waals surface area contributed by atoms with Crippen LogP contribution in [0.5, 0.6) is 0 Å². The molecule has 2 rings (SSSR count). The van der Waals surface area contributed by atoms with Crippen molar-refractivity contribution in [2.24, 2.45) is 16.3 Å². The summed E-state index contributed by atoms with van der Waals surface area (Å²) in [7, 11) is 0. The van der Waals surface area contributed by atoms with Crippen LogP contribution in [-0.2, 0) is 0 Å². The minimum absolute atomic E-state index is 0.245. The molecule has 0 radical (unpaired) electrons. The number of oxime groups is 1. The van der Waals surface area contributed by atoms with Crippen molar-refractivity contribution in [2.75, 3.05) is 39.3 Å². The van der Waals surface area contributed by atoms with E-state index in [1.807, 2.05) is 13.8 Å². The lowest BCUT2D eigenvalue weighted by Gasteiger charge is -2.38. The standard InChI is InChI=1S/C14H28N4O2/c1-13(2,19)10-17-5-7-18(8-6-17)11-14(3-4-14)9-12(15)16-20/h19-20H,3-11H2,1-2H3,(H2,15,16). The highest BCUT2D eigenvalue weighted by molar-refractivity contribution is 5.80. The lowest BCUT2D eigenvalue weighted by atomic mass is 10.0. The molecular weight excluding hydrogens is 256 g/mol. The summed E-state index contributed by atoms with van der Waals surface area (Å²) in [5, 5.41) is 21.6. The SMILES string of the molecule is CC(C)(O)CN1CCN(CC2(CC(N)=NO)CC2)CC1. The number of aliphatic hydroxyl groups is 1. The number of nitrogens with zero attached hydrogens (tertiary/aromatic N) is 3. The zero-order chi connectivity index (χ0) is 14.8. The zero-order valence-corrected chi connectivity index (χ0v) is 12.7. The van der Waals surface area contributed by atoms with Gasteiger partial charge in [0, 0.05) is 45.7 Å². The van der Waals surface area contributed by atoms with E-state index in [0.717, 1.165) is 39.3 Å². The van der Waals surface area contributed by atoms with E-state index in [4.69, 9.17) is 10.9 Å². The molecule has 0 unspecified atom stereocenters. The highest BCUT2D eigenvalue weighted by atomic mass is 16.4. The minimum atomic E-state index is -0.619. The van der Waals surface area contributed by atoms with Gasteiger partial charge in [0.25, 0.3) is 0 Å². The molecule has 1 saturated heterocycles. The van der Waals surface area contributed by atoms with Gasteiger partial charge in [0.2, 0.25) is 0 Å². The number of piperazine rings is 1. The Kier molecular flexibility index (Phi) is 4.56. The summed E-state index contributed by atoms with van der Waals surface area (Å²) in [6, 6.07) is 0. The second-order valence-electron chi connectivity index (χ2n) is 7.13. The van der Waals surface area contributed by atoms with Gasteiger partial charge in [-0.25, -0.2) is 0 Å². The molecule has 2 fully saturated rings. The predicted molar refractivity (Wildman–Crippen MR) is 78.9 cm³/mol. The van der Waals surface area contributed by atoms with Crippen LogP contribution in [0.2, 0.25) is 0 Å². The summed E-state index contributed by atoms with van der Waals surface area (Å²) in [5.41, 5.74) is 5.27. The second-order valence-corrected chi connectivity index (χ2v) is 7.13. The molecule has 1 saturated carbocycles. The van der Waals surface area contributed by atoms with Crippen molar-refractivity contribution < 1.29 is 10.3 Å². The molecule has 2 aliphatic rings. The summed E-state index contributed by atoms with van der Waals surface area (Å²) in [6.07, 6.45) is 3.05. The second kappa shape index (κ2) is 5.87. The molecule has 0 bridgehead atoms. The Morgan fingerprint density at radius 3 is 2.20 bits per heavy atom. The van der Waals surface area contributed by atoms with E-state index in [1.54, 1.807) is 0 Å². The average molecular weight is 284 g/mol. The molecule has 6 heteroatoms. The number of β-amino-alcohol motifs (C(OH)–C–C–N with tert-alkyl or cyclic N) is 1. The maximum atomic E-state index is 9.85. The maximum absolute atomic E-state index is 9.85. The van der Waals surface area contributed by atoms with Crippen LogP contribution in [0.1, 0.15) is 33.1 Å². The average Bonchev–Trinajstić information content (AvgIpc) is 3.09. The van der Waals surface area contributed by atoms with Gasteiger partial charge in [-0.3, -0.25) is 4.90 Å². The zero-order valence-electron chi connectivity index (χ0n) is 12.7. The third-order valence-corrected chi connectivity index (χ3v) is 4.28.